The Hall–Kier alpha value is -0.790. The first kappa shape index (κ1) is 7.32. The predicted octanol–water partition coefficient (Wildman–Crippen LogP) is 1.39. The molecule has 1 aliphatic heterocycles. The molecular weight excluding hydrogens is 126 g/mol. The molecule has 1 rings (SSSR count). The standard InChI is InChI=1S/C8H13NO/c1-8(2)4-5-9(3)7(10)6-8/h4-5H,6H2,1-3H3. The van der Waals surface area contributed by atoms with E-state index in [9.17, 15) is 4.79 Å². The van der Waals surface area contributed by atoms with Crippen molar-refractivity contribution in [2.24, 2.45) is 5.41 Å². The summed E-state index contributed by atoms with van der Waals surface area (Å²) in [6.45, 7) is 4.13. The Morgan fingerprint density at radius 3 is 2.60 bits per heavy atom. The molecule has 56 valence electrons. The molecule has 2 nitrogen and oxygen atoms in total. The van der Waals surface area contributed by atoms with Gasteiger partial charge >= 0.3 is 0 Å². The molecule has 0 N–H and O–H groups in total. The van der Waals surface area contributed by atoms with E-state index in [0.717, 1.165) is 0 Å². The molecule has 0 spiro atoms. The SMILES string of the molecule is CN1C=CC(C)(C)CC1=O. The van der Waals surface area contributed by atoms with E-state index in [-0.39, 0.29) is 11.3 Å². The van der Waals surface area contributed by atoms with Gasteiger partial charge in [-0.05, 0) is 5.41 Å². The van der Waals surface area contributed by atoms with E-state index in [1.54, 1.807) is 11.9 Å². The van der Waals surface area contributed by atoms with Gasteiger partial charge in [-0.15, -0.1) is 0 Å². The van der Waals surface area contributed by atoms with Gasteiger partial charge in [-0.3, -0.25) is 4.79 Å². The lowest BCUT2D eigenvalue weighted by molar-refractivity contribution is -0.129. The average Bonchev–Trinajstić information content (AvgIpc) is 1.79. The zero-order valence-corrected chi connectivity index (χ0v) is 6.72. The van der Waals surface area contributed by atoms with Crippen molar-refractivity contribution >= 4 is 5.91 Å². The molecule has 0 fully saturated rings. The molecule has 0 radical (unpaired) electrons. The number of carbonyl (C=O) groups is 1. The van der Waals surface area contributed by atoms with Crippen LogP contribution in [0.4, 0.5) is 0 Å². The maximum Gasteiger partial charge on any atom is 0.227 e. The van der Waals surface area contributed by atoms with Crippen LogP contribution in [0.1, 0.15) is 20.3 Å². The molecule has 1 aliphatic rings. The topological polar surface area (TPSA) is 20.3 Å². The van der Waals surface area contributed by atoms with Crippen molar-refractivity contribution in [3.05, 3.63) is 12.3 Å². The number of carbonyl (C=O) groups excluding carboxylic acids is 1. The van der Waals surface area contributed by atoms with Crippen molar-refractivity contribution in [1.29, 1.82) is 0 Å². The van der Waals surface area contributed by atoms with E-state index >= 15 is 0 Å². The second kappa shape index (κ2) is 2.11. The Bertz CT molecular complexity index is 182. The highest BCUT2D eigenvalue weighted by Gasteiger charge is 2.24. The molecule has 1 amide bonds. The minimum atomic E-state index is 0.0591. The lowest BCUT2D eigenvalue weighted by Gasteiger charge is -2.27. The highest BCUT2D eigenvalue weighted by atomic mass is 16.2. The normalized spacial score (nSPS) is 23.5. The predicted molar refractivity (Wildman–Crippen MR) is 40.3 cm³/mol. The van der Waals surface area contributed by atoms with E-state index in [0.29, 0.717) is 6.42 Å². The van der Waals surface area contributed by atoms with Crippen LogP contribution in [0.3, 0.4) is 0 Å². The number of rotatable bonds is 0. The maximum absolute atomic E-state index is 11.1. The lowest BCUT2D eigenvalue weighted by atomic mass is 9.87. The molecule has 0 aliphatic carbocycles. The summed E-state index contributed by atoms with van der Waals surface area (Å²) in [4.78, 5) is 12.7. The van der Waals surface area contributed by atoms with Crippen molar-refractivity contribution in [3.63, 3.8) is 0 Å². The van der Waals surface area contributed by atoms with Crippen LogP contribution >= 0.6 is 0 Å². The summed E-state index contributed by atoms with van der Waals surface area (Å²) in [5, 5.41) is 0. The van der Waals surface area contributed by atoms with Crippen molar-refractivity contribution in [2.45, 2.75) is 20.3 Å². The van der Waals surface area contributed by atoms with Crippen LogP contribution < -0.4 is 0 Å². The minimum absolute atomic E-state index is 0.0591. The van der Waals surface area contributed by atoms with E-state index < -0.39 is 0 Å². The number of hydrogen-bond donors (Lipinski definition) is 0. The average molecular weight is 139 g/mol. The third-order valence-corrected chi connectivity index (χ3v) is 1.75. The van der Waals surface area contributed by atoms with Gasteiger partial charge in [0.05, 0.1) is 0 Å². The molecule has 0 atom stereocenters. The van der Waals surface area contributed by atoms with Crippen LogP contribution in [0.5, 0.6) is 0 Å². The largest absolute Gasteiger partial charge is 0.322 e. The van der Waals surface area contributed by atoms with Gasteiger partial charge < -0.3 is 4.90 Å². The number of hydrogen-bond acceptors (Lipinski definition) is 1. The first-order valence-electron chi connectivity index (χ1n) is 3.46. The molecule has 10 heavy (non-hydrogen) atoms. The molecular formula is C8H13NO. The first-order valence-corrected chi connectivity index (χ1v) is 3.46. The highest BCUT2D eigenvalue weighted by Crippen LogP contribution is 2.26. The lowest BCUT2D eigenvalue weighted by Crippen LogP contribution is -2.30. The molecule has 0 saturated heterocycles. The second-order valence-electron chi connectivity index (χ2n) is 3.49. The first-order chi connectivity index (χ1) is 4.51. The maximum atomic E-state index is 11.1. The highest BCUT2D eigenvalue weighted by molar-refractivity contribution is 5.78. The van der Waals surface area contributed by atoms with E-state index in [2.05, 4.69) is 19.9 Å². The van der Waals surface area contributed by atoms with Gasteiger partial charge in [0.25, 0.3) is 0 Å². The third-order valence-electron chi connectivity index (χ3n) is 1.75. The van der Waals surface area contributed by atoms with E-state index in [4.69, 9.17) is 0 Å². The summed E-state index contributed by atoms with van der Waals surface area (Å²) in [7, 11) is 1.79. The van der Waals surface area contributed by atoms with E-state index in [1.807, 2.05) is 6.20 Å². The fourth-order valence-corrected chi connectivity index (χ4v) is 0.970. The Morgan fingerprint density at radius 1 is 1.60 bits per heavy atom. The van der Waals surface area contributed by atoms with Crippen molar-refractivity contribution < 1.29 is 4.79 Å². The summed E-state index contributed by atoms with van der Waals surface area (Å²) in [6, 6.07) is 0. The Labute approximate surface area is 61.5 Å². The molecule has 0 aromatic heterocycles. The molecule has 0 aromatic carbocycles. The van der Waals surface area contributed by atoms with Crippen LogP contribution in [-0.2, 0) is 4.79 Å². The smallest absolute Gasteiger partial charge is 0.227 e. The fourth-order valence-electron chi connectivity index (χ4n) is 0.970. The Kier molecular flexibility index (Phi) is 1.55. The van der Waals surface area contributed by atoms with Crippen molar-refractivity contribution in [1.82, 2.24) is 4.90 Å². The number of amides is 1. The molecule has 0 bridgehead atoms. The van der Waals surface area contributed by atoms with Crippen LogP contribution in [0.25, 0.3) is 0 Å². The van der Waals surface area contributed by atoms with Crippen molar-refractivity contribution in [3.8, 4) is 0 Å². The zero-order valence-electron chi connectivity index (χ0n) is 6.72. The summed E-state index contributed by atoms with van der Waals surface area (Å²) in [5.74, 6) is 0.201. The zero-order chi connectivity index (χ0) is 7.78. The van der Waals surface area contributed by atoms with Gasteiger partial charge in [-0.1, -0.05) is 19.9 Å². The molecule has 2 heteroatoms. The van der Waals surface area contributed by atoms with Gasteiger partial charge in [-0.25, -0.2) is 0 Å². The third kappa shape index (κ3) is 1.38. The fraction of sp³-hybridized carbons (Fsp3) is 0.625. The molecule has 0 unspecified atom stereocenters. The van der Waals surface area contributed by atoms with Crippen LogP contribution in [0, 0.1) is 5.41 Å². The number of nitrogens with zero attached hydrogens (tertiary/aromatic N) is 1. The van der Waals surface area contributed by atoms with Gasteiger partial charge in [-0.2, -0.15) is 0 Å². The van der Waals surface area contributed by atoms with Crippen LogP contribution in [0.2, 0.25) is 0 Å². The van der Waals surface area contributed by atoms with Crippen LogP contribution in [-0.4, -0.2) is 17.9 Å². The summed E-state index contributed by atoms with van der Waals surface area (Å²) >= 11 is 0. The quantitative estimate of drug-likeness (QED) is 0.496. The van der Waals surface area contributed by atoms with E-state index in [1.165, 1.54) is 0 Å². The van der Waals surface area contributed by atoms with Crippen molar-refractivity contribution in [2.75, 3.05) is 7.05 Å². The second-order valence-corrected chi connectivity index (χ2v) is 3.49. The Balaban J connectivity index is 2.79. The summed E-state index contributed by atoms with van der Waals surface area (Å²) < 4.78 is 0. The molecule has 0 aromatic rings. The van der Waals surface area contributed by atoms with Crippen LogP contribution in [0.15, 0.2) is 12.3 Å². The Morgan fingerprint density at radius 2 is 2.20 bits per heavy atom. The monoisotopic (exact) mass is 139 g/mol. The number of allylic oxidation sites excluding steroid dienone is 1. The molecule has 0 saturated carbocycles. The van der Waals surface area contributed by atoms with Gasteiger partial charge in [0.1, 0.15) is 0 Å². The van der Waals surface area contributed by atoms with Gasteiger partial charge in [0, 0.05) is 19.7 Å². The van der Waals surface area contributed by atoms with Gasteiger partial charge in [0.15, 0.2) is 0 Å². The summed E-state index contributed by atoms with van der Waals surface area (Å²) in [6.07, 6.45) is 4.53. The van der Waals surface area contributed by atoms with Gasteiger partial charge in [0.2, 0.25) is 5.91 Å². The molecule has 1 heterocycles. The summed E-state index contributed by atoms with van der Waals surface area (Å²) in [5.41, 5.74) is 0.0591. The minimum Gasteiger partial charge on any atom is -0.322 e.